The van der Waals surface area contributed by atoms with Gasteiger partial charge in [0.05, 0.1) is 29.0 Å². The number of hydrogen-bond acceptors (Lipinski definition) is 5. The third-order valence-corrected chi connectivity index (χ3v) is 9.90. The first-order valence-electron chi connectivity index (χ1n) is 14.5. The van der Waals surface area contributed by atoms with Crippen molar-refractivity contribution in [1.82, 2.24) is 8.87 Å². The lowest BCUT2D eigenvalue weighted by Gasteiger charge is -2.41. The largest absolute Gasteiger partial charge is 0.383 e. The molecule has 2 atom stereocenters. The Hall–Kier alpha value is -4.73. The van der Waals surface area contributed by atoms with E-state index < -0.39 is 22.0 Å². The minimum Gasteiger partial charge on any atom is -0.383 e. The van der Waals surface area contributed by atoms with E-state index in [2.05, 4.69) is 12.2 Å². The van der Waals surface area contributed by atoms with E-state index in [0.717, 1.165) is 12.0 Å². The summed E-state index contributed by atoms with van der Waals surface area (Å²) in [5, 5.41) is 3.71. The Morgan fingerprint density at radius 1 is 0.864 bits per heavy atom. The number of fused-ring (bicyclic) bond motifs is 2. The van der Waals surface area contributed by atoms with Gasteiger partial charge in [-0.25, -0.2) is 12.4 Å². The Morgan fingerprint density at radius 3 is 2.27 bits per heavy atom. The van der Waals surface area contributed by atoms with Crippen molar-refractivity contribution in [1.29, 1.82) is 0 Å². The number of hydrogen-bond donors (Lipinski definition) is 1. The number of benzene rings is 4. The molecule has 0 saturated heterocycles. The molecule has 0 saturated carbocycles. The molecule has 0 fully saturated rings. The van der Waals surface area contributed by atoms with E-state index in [0.29, 0.717) is 33.3 Å². The fourth-order valence-electron chi connectivity index (χ4n) is 6.02. The first-order valence-corrected chi connectivity index (χ1v) is 16.0. The summed E-state index contributed by atoms with van der Waals surface area (Å²) >= 11 is 0. The van der Waals surface area contributed by atoms with Crippen molar-refractivity contribution in [3.8, 4) is 0 Å². The van der Waals surface area contributed by atoms with Gasteiger partial charge in [0.15, 0.2) is 0 Å². The quantitative estimate of drug-likeness (QED) is 0.222. The number of aromatic nitrogens is 1. The van der Waals surface area contributed by atoms with Gasteiger partial charge in [-0.15, -0.1) is 0 Å². The predicted octanol–water partition coefficient (Wildman–Crippen LogP) is 6.01. The van der Waals surface area contributed by atoms with Crippen molar-refractivity contribution in [2.75, 3.05) is 25.6 Å². The normalized spacial score (nSPS) is 16.6. The number of nitrogens with zero attached hydrogens (tertiary/aromatic N) is 2. The van der Waals surface area contributed by atoms with Crippen molar-refractivity contribution >= 4 is 38.4 Å². The number of para-hydroxylation sites is 1. The topological polar surface area (TPSA) is 97.7 Å². The van der Waals surface area contributed by atoms with Crippen molar-refractivity contribution in [2.24, 2.45) is 0 Å². The number of anilines is 1. The number of carbonyl (C=O) groups is 2. The molecular formula is C35H33N3O5S. The summed E-state index contributed by atoms with van der Waals surface area (Å²) < 4.78 is 34.5. The molecule has 0 radical (unpaired) electrons. The summed E-state index contributed by atoms with van der Waals surface area (Å²) in [6, 6.07) is 29.4. The number of amides is 2. The van der Waals surface area contributed by atoms with E-state index in [4.69, 9.17) is 4.74 Å². The third-order valence-electron chi connectivity index (χ3n) is 8.21. The van der Waals surface area contributed by atoms with Crippen molar-refractivity contribution in [3.05, 3.63) is 132 Å². The Bertz CT molecular complexity index is 1930. The highest BCUT2D eigenvalue weighted by Crippen LogP contribution is 2.46. The van der Waals surface area contributed by atoms with Crippen LogP contribution >= 0.6 is 0 Å². The fourth-order valence-corrected chi connectivity index (χ4v) is 7.41. The number of methoxy groups -OCH3 is 1. The van der Waals surface area contributed by atoms with E-state index in [1.54, 1.807) is 78.9 Å². The van der Waals surface area contributed by atoms with Gasteiger partial charge in [-0.1, -0.05) is 73.7 Å². The second-order valence-corrected chi connectivity index (χ2v) is 12.6. The summed E-state index contributed by atoms with van der Waals surface area (Å²) in [6.07, 6.45) is 2.44. The molecule has 0 spiro atoms. The number of rotatable bonds is 9. The summed E-state index contributed by atoms with van der Waals surface area (Å²) in [5.74, 6) is -1.39. The number of carbonyl (C=O) groups excluding carboxylic acids is 2. The highest BCUT2D eigenvalue weighted by Gasteiger charge is 2.45. The Morgan fingerprint density at radius 2 is 1.55 bits per heavy atom. The molecule has 9 heteroatoms. The van der Waals surface area contributed by atoms with Crippen LogP contribution in [0, 0.1) is 0 Å². The van der Waals surface area contributed by atoms with Crippen LogP contribution in [-0.2, 0) is 26.0 Å². The standard InChI is InChI=1S/C35H33N3O5S/c1-3-24-17-19-25(20-18-24)36-34(39)32-28-14-7-8-15-29(28)35(40)37(21-22-43-2)33(32)30-23-38(31-16-10-9-13-27(30)31)44(41,42)26-11-5-4-6-12-26/h4-20,23,32-33H,3,21-22H2,1-2H3,(H,36,39)/t32-,33+/m0/s1. The van der Waals surface area contributed by atoms with Crippen LogP contribution < -0.4 is 5.32 Å². The lowest BCUT2D eigenvalue weighted by molar-refractivity contribution is -0.119. The molecule has 0 bridgehead atoms. The molecule has 6 rings (SSSR count). The molecule has 1 N–H and O–H groups in total. The summed E-state index contributed by atoms with van der Waals surface area (Å²) in [5.41, 5.74) is 3.81. The SMILES string of the molecule is CCc1ccc(NC(=O)[C@H]2c3ccccc3C(=O)N(CCOC)[C@@H]2c2cn(S(=O)(=O)c3ccccc3)c3ccccc23)cc1. The lowest BCUT2D eigenvalue weighted by atomic mass is 9.79. The maximum atomic E-state index is 14.4. The van der Waals surface area contributed by atoms with Gasteiger partial charge in [-0.3, -0.25) is 9.59 Å². The van der Waals surface area contributed by atoms with E-state index >= 15 is 0 Å². The molecule has 224 valence electrons. The lowest BCUT2D eigenvalue weighted by Crippen LogP contribution is -2.47. The molecule has 2 heterocycles. The van der Waals surface area contributed by atoms with Crippen LogP contribution in [0.4, 0.5) is 5.69 Å². The monoisotopic (exact) mass is 607 g/mol. The zero-order valence-corrected chi connectivity index (χ0v) is 25.3. The maximum absolute atomic E-state index is 14.4. The predicted molar refractivity (Wildman–Crippen MR) is 170 cm³/mol. The molecule has 0 unspecified atom stereocenters. The minimum absolute atomic E-state index is 0.137. The Balaban J connectivity index is 1.56. The highest BCUT2D eigenvalue weighted by atomic mass is 32.2. The second-order valence-electron chi connectivity index (χ2n) is 10.8. The average Bonchev–Trinajstić information content (AvgIpc) is 3.45. The fraction of sp³-hybridized carbons (Fsp3) is 0.200. The zero-order valence-electron chi connectivity index (χ0n) is 24.5. The first-order chi connectivity index (χ1) is 21.3. The van der Waals surface area contributed by atoms with Gasteiger partial charge >= 0.3 is 0 Å². The summed E-state index contributed by atoms with van der Waals surface area (Å²) in [7, 11) is -2.44. The third kappa shape index (κ3) is 5.18. The highest BCUT2D eigenvalue weighted by molar-refractivity contribution is 7.90. The molecule has 1 aliphatic rings. The molecule has 2 amide bonds. The molecule has 1 aromatic heterocycles. The summed E-state index contributed by atoms with van der Waals surface area (Å²) in [4.78, 5) is 30.2. The van der Waals surface area contributed by atoms with Gasteiger partial charge in [0.25, 0.3) is 15.9 Å². The smallest absolute Gasteiger partial charge is 0.268 e. The van der Waals surface area contributed by atoms with Gasteiger partial charge in [0, 0.05) is 42.1 Å². The number of aryl methyl sites for hydroxylation is 1. The molecule has 4 aromatic carbocycles. The minimum atomic E-state index is -4.00. The van der Waals surface area contributed by atoms with Crippen LogP contribution in [0.25, 0.3) is 10.9 Å². The first kappa shape index (κ1) is 29.3. The Labute approximate surface area is 256 Å². The number of nitrogens with one attached hydrogen (secondary N) is 1. The zero-order chi connectivity index (χ0) is 30.8. The van der Waals surface area contributed by atoms with Crippen LogP contribution in [0.1, 0.15) is 45.9 Å². The van der Waals surface area contributed by atoms with Gasteiger partial charge in [0.1, 0.15) is 0 Å². The summed E-state index contributed by atoms with van der Waals surface area (Å²) in [6.45, 7) is 2.50. The van der Waals surface area contributed by atoms with Gasteiger partial charge in [-0.05, 0) is 53.9 Å². The number of ether oxygens (including phenoxy) is 1. The van der Waals surface area contributed by atoms with Gasteiger partial charge in [0.2, 0.25) is 5.91 Å². The Kier molecular flexibility index (Phi) is 8.07. The van der Waals surface area contributed by atoms with Crippen LogP contribution in [0.2, 0.25) is 0 Å². The van der Waals surface area contributed by atoms with E-state index in [1.165, 1.54) is 3.97 Å². The molecule has 0 aliphatic carbocycles. The second kappa shape index (κ2) is 12.1. The van der Waals surface area contributed by atoms with Crippen molar-refractivity contribution in [2.45, 2.75) is 30.2 Å². The van der Waals surface area contributed by atoms with E-state index in [9.17, 15) is 18.0 Å². The van der Waals surface area contributed by atoms with Gasteiger partial charge < -0.3 is 15.0 Å². The van der Waals surface area contributed by atoms with Crippen LogP contribution in [0.3, 0.4) is 0 Å². The van der Waals surface area contributed by atoms with Crippen molar-refractivity contribution < 1.29 is 22.7 Å². The van der Waals surface area contributed by atoms with Crippen LogP contribution in [-0.4, -0.2) is 49.4 Å². The van der Waals surface area contributed by atoms with Crippen LogP contribution in [0.5, 0.6) is 0 Å². The molecule has 8 nitrogen and oxygen atoms in total. The van der Waals surface area contributed by atoms with Crippen molar-refractivity contribution in [3.63, 3.8) is 0 Å². The van der Waals surface area contributed by atoms with Gasteiger partial charge in [-0.2, -0.15) is 0 Å². The van der Waals surface area contributed by atoms with E-state index in [-0.39, 0.29) is 29.9 Å². The van der Waals surface area contributed by atoms with E-state index in [1.807, 2.05) is 42.5 Å². The molecule has 1 aliphatic heterocycles. The van der Waals surface area contributed by atoms with Crippen LogP contribution in [0.15, 0.2) is 114 Å². The molecule has 44 heavy (non-hydrogen) atoms. The maximum Gasteiger partial charge on any atom is 0.268 e. The average molecular weight is 608 g/mol. The molecule has 5 aromatic rings. The molecular weight excluding hydrogens is 574 g/mol.